The normalized spacial score (nSPS) is 14.9. The summed E-state index contributed by atoms with van der Waals surface area (Å²) in [6.45, 7) is 6.37. The zero-order valence-corrected chi connectivity index (χ0v) is 20.5. The lowest BCUT2D eigenvalue weighted by molar-refractivity contribution is -0.122. The molecule has 3 aromatic rings. The van der Waals surface area contributed by atoms with Gasteiger partial charge in [-0.05, 0) is 73.2 Å². The van der Waals surface area contributed by atoms with Crippen molar-refractivity contribution < 1.29 is 17.9 Å². The summed E-state index contributed by atoms with van der Waals surface area (Å²) in [5, 5.41) is 2.82. The maximum atomic E-state index is 13.2. The monoisotopic (exact) mass is 478 g/mol. The van der Waals surface area contributed by atoms with Gasteiger partial charge in [0.2, 0.25) is 0 Å². The van der Waals surface area contributed by atoms with Gasteiger partial charge < -0.3 is 10.1 Å². The number of rotatable bonds is 8. The number of nitrogens with one attached hydrogen (secondary N) is 1. The summed E-state index contributed by atoms with van der Waals surface area (Å²) in [6.07, 6.45) is 0.954. The second-order valence-corrected chi connectivity index (χ2v) is 10.4. The first-order chi connectivity index (χ1) is 16.3. The molecular weight excluding hydrogens is 448 g/mol. The average molecular weight is 479 g/mol. The number of para-hydroxylation sites is 2. The van der Waals surface area contributed by atoms with Crippen LogP contribution in [0.15, 0.2) is 77.7 Å². The Morgan fingerprint density at radius 3 is 2.41 bits per heavy atom. The fourth-order valence-electron chi connectivity index (χ4n) is 4.10. The Labute approximate surface area is 201 Å². The van der Waals surface area contributed by atoms with Crippen LogP contribution in [-0.2, 0) is 21.2 Å². The standard InChI is InChI=1S/C27H30N2O4S/c1-4-19(2)24-10-6-8-12-26(24)33-20(3)27(30)28-22-13-15-23(16-14-22)34(31,32)29-18-17-21-9-5-7-11-25(21)29/h5-16,19-20H,4,17-18H2,1-3H3,(H,28,30). The van der Waals surface area contributed by atoms with Crippen molar-refractivity contribution in [2.24, 2.45) is 0 Å². The Hall–Kier alpha value is -3.32. The Bertz CT molecular complexity index is 1270. The summed E-state index contributed by atoms with van der Waals surface area (Å²) < 4.78 is 33.8. The van der Waals surface area contributed by atoms with E-state index in [9.17, 15) is 13.2 Å². The number of carbonyl (C=O) groups is 1. The van der Waals surface area contributed by atoms with Gasteiger partial charge in [0, 0.05) is 12.2 Å². The maximum absolute atomic E-state index is 13.2. The van der Waals surface area contributed by atoms with Crippen LogP contribution in [0, 0.1) is 0 Å². The third kappa shape index (κ3) is 4.80. The Kier molecular flexibility index (Phi) is 6.93. The zero-order chi connectivity index (χ0) is 24.3. The van der Waals surface area contributed by atoms with Crippen molar-refractivity contribution in [1.82, 2.24) is 0 Å². The highest BCUT2D eigenvalue weighted by Crippen LogP contribution is 2.33. The highest BCUT2D eigenvalue weighted by molar-refractivity contribution is 7.92. The van der Waals surface area contributed by atoms with Gasteiger partial charge in [0.1, 0.15) is 5.75 Å². The smallest absolute Gasteiger partial charge is 0.265 e. The molecule has 1 heterocycles. The van der Waals surface area contributed by atoms with Crippen LogP contribution < -0.4 is 14.4 Å². The molecular formula is C27H30N2O4S. The highest BCUT2D eigenvalue weighted by Gasteiger charge is 2.30. The Balaban J connectivity index is 1.44. The third-order valence-electron chi connectivity index (χ3n) is 6.29. The molecule has 1 aliphatic rings. The van der Waals surface area contributed by atoms with Crippen molar-refractivity contribution in [3.05, 3.63) is 83.9 Å². The summed E-state index contributed by atoms with van der Waals surface area (Å²) in [6, 6.07) is 21.6. The minimum absolute atomic E-state index is 0.189. The fraction of sp³-hybridized carbons (Fsp3) is 0.296. The first kappa shape index (κ1) is 23.8. The van der Waals surface area contributed by atoms with Crippen LogP contribution in [0.3, 0.4) is 0 Å². The third-order valence-corrected chi connectivity index (χ3v) is 8.12. The van der Waals surface area contributed by atoms with Crippen LogP contribution >= 0.6 is 0 Å². The molecule has 0 aromatic heterocycles. The van der Waals surface area contributed by atoms with Crippen molar-refractivity contribution >= 4 is 27.3 Å². The fourth-order valence-corrected chi connectivity index (χ4v) is 5.60. The van der Waals surface area contributed by atoms with Gasteiger partial charge in [-0.15, -0.1) is 0 Å². The number of fused-ring (bicyclic) bond motifs is 1. The van der Waals surface area contributed by atoms with Crippen LogP contribution in [0.25, 0.3) is 0 Å². The molecule has 1 N–H and O–H groups in total. The van der Waals surface area contributed by atoms with E-state index >= 15 is 0 Å². The first-order valence-electron chi connectivity index (χ1n) is 11.6. The van der Waals surface area contributed by atoms with Gasteiger partial charge >= 0.3 is 0 Å². The first-order valence-corrected chi connectivity index (χ1v) is 13.0. The highest BCUT2D eigenvalue weighted by atomic mass is 32.2. The minimum Gasteiger partial charge on any atom is -0.481 e. The molecule has 34 heavy (non-hydrogen) atoms. The molecule has 0 aliphatic carbocycles. The van der Waals surface area contributed by atoms with Crippen LogP contribution in [0.2, 0.25) is 0 Å². The minimum atomic E-state index is -3.67. The van der Waals surface area contributed by atoms with Crippen molar-refractivity contribution in [2.75, 3.05) is 16.2 Å². The molecule has 178 valence electrons. The summed E-state index contributed by atoms with van der Waals surface area (Å²) in [7, 11) is -3.67. The van der Waals surface area contributed by atoms with E-state index in [2.05, 4.69) is 19.2 Å². The molecule has 1 amide bonds. The number of sulfonamides is 1. The molecule has 6 nitrogen and oxygen atoms in total. The molecule has 0 radical (unpaired) electrons. The molecule has 4 rings (SSSR count). The molecule has 7 heteroatoms. The van der Waals surface area contributed by atoms with Crippen LogP contribution in [0.1, 0.15) is 44.2 Å². The maximum Gasteiger partial charge on any atom is 0.265 e. The zero-order valence-electron chi connectivity index (χ0n) is 19.7. The van der Waals surface area contributed by atoms with Crippen LogP contribution in [0.5, 0.6) is 5.75 Å². The van der Waals surface area contributed by atoms with Crippen LogP contribution in [0.4, 0.5) is 11.4 Å². The number of nitrogens with zero attached hydrogens (tertiary/aromatic N) is 1. The lowest BCUT2D eigenvalue weighted by Crippen LogP contribution is -2.30. The van der Waals surface area contributed by atoms with E-state index in [1.54, 1.807) is 19.1 Å². The van der Waals surface area contributed by atoms with E-state index in [0.717, 1.165) is 23.2 Å². The van der Waals surface area contributed by atoms with E-state index in [-0.39, 0.29) is 10.8 Å². The molecule has 1 aliphatic heterocycles. The summed E-state index contributed by atoms with van der Waals surface area (Å²) in [5.41, 5.74) is 3.33. The Morgan fingerprint density at radius 1 is 1.00 bits per heavy atom. The Morgan fingerprint density at radius 2 is 1.68 bits per heavy atom. The SMILES string of the molecule is CCC(C)c1ccccc1OC(C)C(=O)Nc1ccc(S(=O)(=O)N2CCc3ccccc32)cc1. The van der Waals surface area contributed by atoms with Gasteiger partial charge in [0.05, 0.1) is 10.6 Å². The summed E-state index contributed by atoms with van der Waals surface area (Å²) >= 11 is 0. The van der Waals surface area contributed by atoms with E-state index in [1.165, 1.54) is 16.4 Å². The number of hydrogen-bond donors (Lipinski definition) is 1. The number of anilines is 2. The molecule has 3 aromatic carbocycles. The molecule has 0 saturated heterocycles. The van der Waals surface area contributed by atoms with Gasteiger partial charge in [0.15, 0.2) is 6.10 Å². The van der Waals surface area contributed by atoms with Gasteiger partial charge in [-0.1, -0.05) is 50.2 Å². The van der Waals surface area contributed by atoms with Gasteiger partial charge in [0.25, 0.3) is 15.9 Å². The van der Waals surface area contributed by atoms with Crippen molar-refractivity contribution in [3.8, 4) is 5.75 Å². The predicted octanol–water partition coefficient (Wildman–Crippen LogP) is 5.36. The molecule has 0 spiro atoms. The van der Waals surface area contributed by atoms with E-state index in [4.69, 9.17) is 4.74 Å². The molecule has 0 bridgehead atoms. The lowest BCUT2D eigenvalue weighted by atomic mass is 9.98. The number of benzene rings is 3. The van der Waals surface area contributed by atoms with Gasteiger partial charge in [-0.2, -0.15) is 0 Å². The number of hydrogen-bond acceptors (Lipinski definition) is 4. The van der Waals surface area contributed by atoms with Crippen molar-refractivity contribution in [3.63, 3.8) is 0 Å². The van der Waals surface area contributed by atoms with Gasteiger partial charge in [-0.3, -0.25) is 9.10 Å². The quantitative estimate of drug-likeness (QED) is 0.473. The number of carbonyl (C=O) groups excluding carboxylic acids is 1. The number of ether oxygens (including phenoxy) is 1. The molecule has 2 atom stereocenters. The van der Waals surface area contributed by atoms with E-state index < -0.39 is 16.1 Å². The molecule has 0 fully saturated rings. The second-order valence-electron chi connectivity index (χ2n) is 8.58. The molecule has 0 saturated carbocycles. The second kappa shape index (κ2) is 9.89. The average Bonchev–Trinajstić information content (AvgIpc) is 3.29. The van der Waals surface area contributed by atoms with E-state index in [1.807, 2.05) is 48.5 Å². The largest absolute Gasteiger partial charge is 0.481 e. The van der Waals surface area contributed by atoms with Crippen molar-refractivity contribution in [1.29, 1.82) is 0 Å². The van der Waals surface area contributed by atoms with Crippen LogP contribution in [-0.4, -0.2) is 27.0 Å². The van der Waals surface area contributed by atoms with Gasteiger partial charge in [-0.25, -0.2) is 8.42 Å². The summed E-state index contributed by atoms with van der Waals surface area (Å²) in [5.74, 6) is 0.721. The van der Waals surface area contributed by atoms with Crippen molar-refractivity contribution in [2.45, 2.75) is 50.5 Å². The topological polar surface area (TPSA) is 75.7 Å². The van der Waals surface area contributed by atoms with E-state index in [0.29, 0.717) is 30.3 Å². The predicted molar refractivity (Wildman–Crippen MR) is 135 cm³/mol. The summed E-state index contributed by atoms with van der Waals surface area (Å²) in [4.78, 5) is 12.9. The number of amides is 1. The molecule has 2 unspecified atom stereocenters. The lowest BCUT2D eigenvalue weighted by Gasteiger charge is -2.20.